The monoisotopic (exact) mass is 530 g/mol. The summed E-state index contributed by atoms with van der Waals surface area (Å²) in [6.07, 6.45) is 6.35. The minimum atomic E-state index is -3.16. The molecule has 2 fully saturated rings. The van der Waals surface area contributed by atoms with Gasteiger partial charge in [0.05, 0.1) is 18.1 Å². The van der Waals surface area contributed by atoms with E-state index in [1.54, 1.807) is 4.31 Å². The summed E-state index contributed by atoms with van der Waals surface area (Å²) < 4.78 is 25.2. The van der Waals surface area contributed by atoms with Gasteiger partial charge in [-0.05, 0) is 81.0 Å². The lowest BCUT2D eigenvalue weighted by Gasteiger charge is -2.31. The minimum absolute atomic E-state index is 0.0938. The van der Waals surface area contributed by atoms with Gasteiger partial charge in [-0.25, -0.2) is 22.7 Å². The van der Waals surface area contributed by atoms with Gasteiger partial charge in [0.25, 0.3) is 5.91 Å². The Morgan fingerprint density at radius 3 is 2.35 bits per heavy atom. The Bertz CT molecular complexity index is 1240. The zero-order valence-electron chi connectivity index (χ0n) is 21.8. The number of carbonyl (C=O) groups excluding carboxylic acids is 1. The fraction of sp³-hybridized carbons (Fsp3) is 0.577. The first-order valence-electron chi connectivity index (χ1n) is 13.0. The number of hydrogen-bond donors (Lipinski definition) is 4. The molecule has 0 bridgehead atoms. The van der Waals surface area contributed by atoms with Crippen LogP contribution in [0.15, 0.2) is 18.2 Å². The fourth-order valence-corrected chi connectivity index (χ4v) is 6.23. The normalized spacial score (nSPS) is 21.5. The van der Waals surface area contributed by atoms with Crippen LogP contribution >= 0.6 is 0 Å². The maximum atomic E-state index is 12.2. The molecule has 202 valence electrons. The van der Waals surface area contributed by atoms with Crippen molar-refractivity contribution in [2.75, 3.05) is 30.0 Å². The van der Waals surface area contributed by atoms with Crippen LogP contribution in [0.1, 0.15) is 78.7 Å². The summed E-state index contributed by atoms with van der Waals surface area (Å²) in [7, 11) is -3.16. The van der Waals surface area contributed by atoms with E-state index >= 15 is 0 Å². The van der Waals surface area contributed by atoms with Crippen molar-refractivity contribution in [3.05, 3.63) is 40.7 Å². The van der Waals surface area contributed by atoms with Gasteiger partial charge in [0.1, 0.15) is 5.82 Å². The zero-order chi connectivity index (χ0) is 26.7. The van der Waals surface area contributed by atoms with Crippen molar-refractivity contribution < 1.29 is 18.3 Å². The summed E-state index contributed by atoms with van der Waals surface area (Å²) in [5.41, 5.74) is 9.48. The molecule has 37 heavy (non-hydrogen) atoms. The number of rotatable bonds is 8. The molecular formula is C26H38N6O4S. The predicted octanol–water partition coefficient (Wildman–Crippen LogP) is 3.04. The SMILES string of the molecule is CCc1nc(C(N)=O)c(Nc2ccc(C3CCN(S(C)(=O)=O)CC3)c(C)c2)nc1NC1CCC(O)CC1. The third-order valence-electron chi connectivity index (χ3n) is 7.47. The Kier molecular flexibility index (Phi) is 8.35. The second-order valence-corrected chi connectivity index (χ2v) is 12.2. The standard InChI is InChI=1S/C26H38N6O4S/c1-4-22-25(28-18-5-8-20(33)9-6-18)31-26(23(30-22)24(27)34)29-19-7-10-21(16(2)15-19)17-11-13-32(14-12-17)37(3,35)36/h7,10,15,17-18,20,33H,4-6,8-9,11-14H2,1-3H3,(H2,27,34)(H2,28,29,31). The number of nitrogens with zero attached hydrogens (tertiary/aromatic N) is 3. The number of piperidine rings is 1. The number of hydrogen-bond acceptors (Lipinski definition) is 8. The van der Waals surface area contributed by atoms with Gasteiger partial charge in [0, 0.05) is 24.8 Å². The number of amides is 1. The maximum absolute atomic E-state index is 12.2. The Morgan fingerprint density at radius 1 is 1.11 bits per heavy atom. The predicted molar refractivity (Wildman–Crippen MR) is 145 cm³/mol. The van der Waals surface area contributed by atoms with Gasteiger partial charge in [-0.3, -0.25) is 4.79 Å². The van der Waals surface area contributed by atoms with Crippen LogP contribution in [0.2, 0.25) is 0 Å². The molecule has 4 rings (SSSR count). The van der Waals surface area contributed by atoms with E-state index in [-0.39, 0.29) is 17.8 Å². The largest absolute Gasteiger partial charge is 0.393 e. The van der Waals surface area contributed by atoms with E-state index in [1.807, 2.05) is 26.0 Å². The van der Waals surface area contributed by atoms with E-state index < -0.39 is 15.9 Å². The molecule has 2 aromatic rings. The van der Waals surface area contributed by atoms with E-state index in [2.05, 4.69) is 21.7 Å². The van der Waals surface area contributed by atoms with Crippen LogP contribution in [0, 0.1) is 6.92 Å². The van der Waals surface area contributed by atoms with Crippen LogP contribution in [0.5, 0.6) is 0 Å². The molecule has 5 N–H and O–H groups in total. The molecule has 0 atom stereocenters. The van der Waals surface area contributed by atoms with Gasteiger partial charge in [-0.1, -0.05) is 13.0 Å². The number of benzene rings is 1. The lowest BCUT2D eigenvalue weighted by Crippen LogP contribution is -2.37. The van der Waals surface area contributed by atoms with Crippen LogP contribution in [-0.2, 0) is 16.4 Å². The summed E-state index contributed by atoms with van der Waals surface area (Å²) in [6.45, 7) is 5.05. The molecule has 1 aliphatic carbocycles. The van der Waals surface area contributed by atoms with Gasteiger partial charge < -0.3 is 21.5 Å². The highest BCUT2D eigenvalue weighted by atomic mass is 32.2. The van der Waals surface area contributed by atoms with Gasteiger partial charge in [0.2, 0.25) is 10.0 Å². The number of nitrogens with one attached hydrogen (secondary N) is 2. The Hall–Kier alpha value is -2.76. The van der Waals surface area contributed by atoms with E-state index in [4.69, 9.17) is 10.7 Å². The van der Waals surface area contributed by atoms with Crippen LogP contribution in [0.4, 0.5) is 17.3 Å². The van der Waals surface area contributed by atoms with Crippen molar-refractivity contribution in [1.82, 2.24) is 14.3 Å². The molecule has 0 unspecified atom stereocenters. The Morgan fingerprint density at radius 2 is 1.78 bits per heavy atom. The van der Waals surface area contributed by atoms with Crippen molar-refractivity contribution in [3.63, 3.8) is 0 Å². The van der Waals surface area contributed by atoms with Crippen molar-refractivity contribution >= 4 is 33.3 Å². The highest BCUT2D eigenvalue weighted by Gasteiger charge is 2.27. The van der Waals surface area contributed by atoms with Gasteiger partial charge >= 0.3 is 0 Å². The summed E-state index contributed by atoms with van der Waals surface area (Å²) in [6, 6.07) is 6.20. The molecule has 1 saturated carbocycles. The van der Waals surface area contributed by atoms with Gasteiger partial charge in [0.15, 0.2) is 11.5 Å². The number of nitrogens with two attached hydrogens (primary N) is 1. The molecular weight excluding hydrogens is 492 g/mol. The fourth-order valence-electron chi connectivity index (χ4n) is 5.35. The number of aryl methyl sites for hydroxylation is 2. The first kappa shape index (κ1) is 27.3. The number of aliphatic hydroxyl groups is 1. The number of carbonyl (C=O) groups is 1. The van der Waals surface area contributed by atoms with Crippen molar-refractivity contribution in [1.29, 1.82) is 0 Å². The molecule has 1 aromatic heterocycles. The third kappa shape index (κ3) is 6.58. The maximum Gasteiger partial charge on any atom is 0.271 e. The van der Waals surface area contributed by atoms with Crippen molar-refractivity contribution in [2.45, 2.75) is 76.9 Å². The smallest absolute Gasteiger partial charge is 0.271 e. The molecule has 1 aromatic carbocycles. The van der Waals surface area contributed by atoms with Crippen LogP contribution < -0.4 is 16.4 Å². The summed E-state index contributed by atoms with van der Waals surface area (Å²) in [5.74, 6) is 0.573. The number of sulfonamides is 1. The van der Waals surface area contributed by atoms with E-state index in [0.29, 0.717) is 42.8 Å². The van der Waals surface area contributed by atoms with E-state index in [0.717, 1.165) is 49.8 Å². The molecule has 1 amide bonds. The van der Waals surface area contributed by atoms with Crippen molar-refractivity contribution in [3.8, 4) is 0 Å². The minimum Gasteiger partial charge on any atom is -0.393 e. The topological polar surface area (TPSA) is 151 Å². The molecule has 10 nitrogen and oxygen atoms in total. The quantitative estimate of drug-likeness (QED) is 0.407. The van der Waals surface area contributed by atoms with Crippen LogP contribution in [0.3, 0.4) is 0 Å². The number of aromatic nitrogens is 2. The highest BCUT2D eigenvalue weighted by Crippen LogP contribution is 2.33. The molecule has 2 heterocycles. The molecule has 11 heteroatoms. The lowest BCUT2D eigenvalue weighted by atomic mass is 9.87. The van der Waals surface area contributed by atoms with Crippen LogP contribution in [0.25, 0.3) is 0 Å². The second kappa shape index (κ2) is 11.3. The van der Waals surface area contributed by atoms with Crippen LogP contribution in [-0.4, -0.2) is 65.2 Å². The molecule has 0 radical (unpaired) electrons. The van der Waals surface area contributed by atoms with Gasteiger partial charge in [-0.15, -0.1) is 0 Å². The van der Waals surface area contributed by atoms with E-state index in [1.165, 1.54) is 11.8 Å². The summed E-state index contributed by atoms with van der Waals surface area (Å²) in [5, 5.41) is 16.5. The lowest BCUT2D eigenvalue weighted by molar-refractivity contribution is 0.0995. The Labute approximate surface area is 219 Å². The second-order valence-electron chi connectivity index (χ2n) is 10.2. The molecule has 0 spiro atoms. The average molecular weight is 531 g/mol. The number of anilines is 3. The first-order valence-corrected chi connectivity index (χ1v) is 14.9. The summed E-state index contributed by atoms with van der Waals surface area (Å²) >= 11 is 0. The molecule has 1 saturated heterocycles. The van der Waals surface area contributed by atoms with E-state index in [9.17, 15) is 18.3 Å². The number of primary amides is 1. The zero-order valence-corrected chi connectivity index (χ0v) is 22.6. The van der Waals surface area contributed by atoms with Gasteiger partial charge in [-0.2, -0.15) is 0 Å². The molecule has 2 aliphatic rings. The van der Waals surface area contributed by atoms with Crippen molar-refractivity contribution in [2.24, 2.45) is 5.73 Å². The average Bonchev–Trinajstić information content (AvgIpc) is 2.85. The highest BCUT2D eigenvalue weighted by molar-refractivity contribution is 7.88. The third-order valence-corrected chi connectivity index (χ3v) is 8.77. The first-order chi connectivity index (χ1) is 17.5. The Balaban J connectivity index is 1.54. The number of aliphatic hydroxyl groups excluding tert-OH is 1. The molecule has 1 aliphatic heterocycles. The summed E-state index contributed by atoms with van der Waals surface area (Å²) in [4.78, 5) is 21.5.